The molecule has 0 aliphatic rings. The summed E-state index contributed by atoms with van der Waals surface area (Å²) >= 11 is 1.29. The van der Waals surface area contributed by atoms with Gasteiger partial charge in [-0.1, -0.05) is 48.9 Å². The van der Waals surface area contributed by atoms with E-state index in [0.29, 0.717) is 5.13 Å². The maximum Gasteiger partial charge on any atom is 0.245 e. The third-order valence-electron chi connectivity index (χ3n) is 3.73. The first-order chi connectivity index (χ1) is 11.8. The largest absolute Gasteiger partial charge is 0.346 e. The molecule has 0 aliphatic heterocycles. The molecule has 0 spiro atoms. The molecule has 0 aliphatic carbocycles. The van der Waals surface area contributed by atoms with Crippen molar-refractivity contribution in [3.05, 3.63) is 29.3 Å². The molecule has 0 radical (unpaired) electrons. The predicted molar refractivity (Wildman–Crippen MR) is 107 cm³/mol. The number of nitrogens with one attached hydrogen (secondary N) is 2. The number of halogens is 1. The van der Waals surface area contributed by atoms with Gasteiger partial charge < -0.3 is 11.1 Å². The van der Waals surface area contributed by atoms with E-state index in [0.717, 1.165) is 16.1 Å². The van der Waals surface area contributed by atoms with Crippen LogP contribution in [0.15, 0.2) is 18.2 Å². The number of carbonyl (C=O) groups excluding carboxylic acids is 2. The zero-order chi connectivity index (χ0) is 18.6. The Kier molecular flexibility index (Phi) is 8.13. The van der Waals surface area contributed by atoms with E-state index in [2.05, 4.69) is 26.9 Å². The average Bonchev–Trinajstić information content (AvgIpc) is 2.99. The Hall–Kier alpha value is -2.03. The van der Waals surface area contributed by atoms with Crippen molar-refractivity contribution in [2.24, 2.45) is 11.7 Å². The van der Waals surface area contributed by atoms with Gasteiger partial charge in [-0.3, -0.25) is 14.9 Å². The Morgan fingerprint density at radius 3 is 2.54 bits per heavy atom. The van der Waals surface area contributed by atoms with Crippen LogP contribution >= 0.6 is 23.7 Å². The van der Waals surface area contributed by atoms with E-state index in [1.165, 1.54) is 16.9 Å². The van der Waals surface area contributed by atoms with Crippen molar-refractivity contribution in [1.29, 1.82) is 0 Å². The van der Waals surface area contributed by atoms with E-state index in [4.69, 9.17) is 5.73 Å². The van der Waals surface area contributed by atoms with Crippen molar-refractivity contribution >= 4 is 40.7 Å². The fraction of sp³-hybridized carbons (Fsp3) is 0.412. The maximum absolute atomic E-state index is 11.9. The van der Waals surface area contributed by atoms with Crippen LogP contribution in [0.3, 0.4) is 0 Å². The van der Waals surface area contributed by atoms with Crippen LogP contribution in [0.1, 0.15) is 25.0 Å². The average molecular weight is 398 g/mol. The Labute approximate surface area is 163 Å². The summed E-state index contributed by atoms with van der Waals surface area (Å²) in [7, 11) is 0. The van der Waals surface area contributed by atoms with Crippen molar-refractivity contribution in [1.82, 2.24) is 15.5 Å². The van der Waals surface area contributed by atoms with Gasteiger partial charge >= 0.3 is 0 Å². The molecule has 0 saturated carbocycles. The number of carbonyl (C=O) groups is 2. The summed E-state index contributed by atoms with van der Waals surface area (Å²) in [5.74, 6) is -0.711. The summed E-state index contributed by atoms with van der Waals surface area (Å²) in [5.41, 5.74) is 8.99. The minimum Gasteiger partial charge on any atom is -0.346 e. The number of aryl methyl sites for hydroxylation is 2. The van der Waals surface area contributed by atoms with Gasteiger partial charge in [-0.15, -0.1) is 22.6 Å². The van der Waals surface area contributed by atoms with E-state index < -0.39 is 6.04 Å². The monoisotopic (exact) mass is 397 g/mol. The van der Waals surface area contributed by atoms with Crippen molar-refractivity contribution in [3.63, 3.8) is 0 Å². The van der Waals surface area contributed by atoms with Crippen LogP contribution in [-0.4, -0.2) is 34.6 Å². The lowest BCUT2D eigenvalue weighted by molar-refractivity contribution is -0.125. The third-order valence-corrected chi connectivity index (χ3v) is 4.60. The summed E-state index contributed by atoms with van der Waals surface area (Å²) in [6.07, 6.45) is 0. The molecule has 2 rings (SSSR count). The van der Waals surface area contributed by atoms with E-state index >= 15 is 0 Å². The SMILES string of the molecule is Cc1ccc(-c2nnc(NC(=O)CNC(=O)[C@@H](N)C(C)C)s2)c(C)c1.Cl. The second-order valence-corrected chi connectivity index (χ2v) is 7.24. The number of amides is 2. The summed E-state index contributed by atoms with van der Waals surface area (Å²) in [5, 5.41) is 14.4. The van der Waals surface area contributed by atoms with E-state index in [1.54, 1.807) is 0 Å². The Balaban J connectivity index is 0.00000338. The smallest absolute Gasteiger partial charge is 0.245 e. The van der Waals surface area contributed by atoms with Crippen LogP contribution < -0.4 is 16.4 Å². The van der Waals surface area contributed by atoms with Gasteiger partial charge in [0.05, 0.1) is 12.6 Å². The fourth-order valence-corrected chi connectivity index (χ4v) is 3.04. The Morgan fingerprint density at radius 1 is 1.23 bits per heavy atom. The lowest BCUT2D eigenvalue weighted by atomic mass is 10.1. The van der Waals surface area contributed by atoms with Crippen molar-refractivity contribution in [3.8, 4) is 10.6 Å². The van der Waals surface area contributed by atoms with Crippen LogP contribution in [0.25, 0.3) is 10.6 Å². The van der Waals surface area contributed by atoms with Crippen LogP contribution in [0.4, 0.5) is 5.13 Å². The number of anilines is 1. The normalized spacial score (nSPS) is 11.6. The number of rotatable bonds is 6. The second kappa shape index (κ2) is 9.61. The van der Waals surface area contributed by atoms with Gasteiger partial charge in [-0.25, -0.2) is 0 Å². The van der Waals surface area contributed by atoms with E-state index in [-0.39, 0.29) is 36.7 Å². The molecule has 2 aromatic rings. The third kappa shape index (κ3) is 5.76. The highest BCUT2D eigenvalue weighted by Crippen LogP contribution is 2.29. The van der Waals surface area contributed by atoms with Crippen LogP contribution in [0, 0.1) is 19.8 Å². The molecule has 7 nitrogen and oxygen atoms in total. The molecule has 1 aromatic heterocycles. The minimum absolute atomic E-state index is 0. The first-order valence-corrected chi connectivity index (χ1v) is 8.84. The molecule has 4 N–H and O–H groups in total. The highest BCUT2D eigenvalue weighted by atomic mass is 35.5. The molecule has 26 heavy (non-hydrogen) atoms. The highest BCUT2D eigenvalue weighted by Gasteiger charge is 2.18. The number of nitrogens with two attached hydrogens (primary N) is 1. The molecule has 0 fully saturated rings. The molecular weight excluding hydrogens is 374 g/mol. The van der Waals surface area contributed by atoms with Crippen LogP contribution in [-0.2, 0) is 9.59 Å². The fourth-order valence-electron chi connectivity index (χ4n) is 2.19. The number of hydrogen-bond acceptors (Lipinski definition) is 6. The topological polar surface area (TPSA) is 110 Å². The Morgan fingerprint density at radius 2 is 1.92 bits per heavy atom. The van der Waals surface area contributed by atoms with E-state index in [1.807, 2.05) is 39.8 Å². The number of hydrogen-bond donors (Lipinski definition) is 3. The zero-order valence-corrected chi connectivity index (χ0v) is 16.8. The molecule has 0 unspecified atom stereocenters. The van der Waals surface area contributed by atoms with Crippen molar-refractivity contribution in [2.45, 2.75) is 33.7 Å². The molecular formula is C17H24ClN5O2S. The molecule has 0 saturated heterocycles. The minimum atomic E-state index is -0.634. The van der Waals surface area contributed by atoms with Crippen LogP contribution in [0.5, 0.6) is 0 Å². The molecule has 1 atom stereocenters. The van der Waals surface area contributed by atoms with Crippen molar-refractivity contribution < 1.29 is 9.59 Å². The van der Waals surface area contributed by atoms with Gasteiger partial charge in [0.15, 0.2) is 0 Å². The lowest BCUT2D eigenvalue weighted by Gasteiger charge is -2.14. The summed E-state index contributed by atoms with van der Waals surface area (Å²) < 4.78 is 0. The lowest BCUT2D eigenvalue weighted by Crippen LogP contribution is -2.46. The zero-order valence-electron chi connectivity index (χ0n) is 15.2. The standard InChI is InChI=1S/C17H23N5O2S.ClH/c1-9(2)14(18)15(24)19-8-13(23)20-17-22-21-16(25-17)12-6-5-10(3)7-11(12)4;/h5-7,9,14H,8,18H2,1-4H3,(H,19,24)(H,20,22,23);1H/t14-;/m0./s1. The number of nitrogens with zero attached hydrogens (tertiary/aromatic N) is 2. The molecule has 1 aromatic carbocycles. The van der Waals surface area contributed by atoms with Gasteiger partial charge in [0, 0.05) is 5.56 Å². The van der Waals surface area contributed by atoms with Gasteiger partial charge in [-0.05, 0) is 25.3 Å². The number of benzene rings is 1. The molecule has 0 bridgehead atoms. The van der Waals surface area contributed by atoms with E-state index in [9.17, 15) is 9.59 Å². The maximum atomic E-state index is 11.9. The first-order valence-electron chi connectivity index (χ1n) is 8.02. The van der Waals surface area contributed by atoms with Gasteiger partial charge in [-0.2, -0.15) is 0 Å². The summed E-state index contributed by atoms with van der Waals surface area (Å²) in [4.78, 5) is 23.7. The molecule has 142 valence electrons. The Bertz CT molecular complexity index is 778. The molecule has 9 heteroatoms. The molecule has 1 heterocycles. The summed E-state index contributed by atoms with van der Waals surface area (Å²) in [6.45, 7) is 7.58. The van der Waals surface area contributed by atoms with Crippen molar-refractivity contribution in [2.75, 3.05) is 11.9 Å². The van der Waals surface area contributed by atoms with Gasteiger partial charge in [0.2, 0.25) is 16.9 Å². The second-order valence-electron chi connectivity index (χ2n) is 6.27. The molecule has 2 amide bonds. The summed E-state index contributed by atoms with van der Waals surface area (Å²) in [6, 6.07) is 5.44. The quantitative estimate of drug-likeness (QED) is 0.692. The van der Waals surface area contributed by atoms with Crippen LogP contribution in [0.2, 0.25) is 0 Å². The number of aromatic nitrogens is 2. The highest BCUT2D eigenvalue weighted by molar-refractivity contribution is 7.18. The van der Waals surface area contributed by atoms with Gasteiger partial charge in [0.1, 0.15) is 5.01 Å². The van der Waals surface area contributed by atoms with Gasteiger partial charge in [0.25, 0.3) is 0 Å². The predicted octanol–water partition coefficient (Wildman–Crippen LogP) is 2.28. The first kappa shape index (κ1) is 22.0.